The molecule has 1 saturated carbocycles. The number of hydrogen-bond acceptors (Lipinski definition) is 7. The molecule has 2 N–H and O–H groups in total. The molecule has 2 fully saturated rings. The summed E-state index contributed by atoms with van der Waals surface area (Å²) >= 11 is 1.60. The molecule has 1 aliphatic heterocycles. The number of piperidine rings is 1. The molecule has 3 atom stereocenters. The molecule has 218 valence electrons. The average Bonchev–Trinajstić information content (AvgIpc) is 3.72. The van der Waals surface area contributed by atoms with E-state index in [4.69, 9.17) is 9.72 Å². The number of ether oxygens (including phenoxy) is 1. The van der Waals surface area contributed by atoms with Crippen LogP contribution in [0, 0.1) is 31.6 Å². The normalized spacial score (nSPS) is 19.6. The highest BCUT2D eigenvalue weighted by Gasteiger charge is 2.46. The Morgan fingerprint density at radius 3 is 2.62 bits per heavy atom. The number of amides is 1. The lowest BCUT2D eigenvalue weighted by Gasteiger charge is -2.35. The van der Waals surface area contributed by atoms with Crippen LogP contribution in [0.15, 0.2) is 54.2 Å². The summed E-state index contributed by atoms with van der Waals surface area (Å²) in [6.45, 7) is 6.30. The highest BCUT2D eigenvalue weighted by Crippen LogP contribution is 2.44. The van der Waals surface area contributed by atoms with Crippen molar-refractivity contribution in [3.8, 4) is 17.0 Å². The molecule has 42 heavy (non-hydrogen) atoms. The lowest BCUT2D eigenvalue weighted by molar-refractivity contribution is -0.144. The highest BCUT2D eigenvalue weighted by atomic mass is 32.1. The molecule has 10 heteroatoms. The second kappa shape index (κ2) is 11.6. The Kier molecular flexibility index (Phi) is 7.72. The number of carboxylic acids is 1. The number of imidazole rings is 1. The number of rotatable bonds is 9. The smallest absolute Gasteiger partial charge is 0.307 e. The molecule has 6 rings (SSSR count). The van der Waals surface area contributed by atoms with Gasteiger partial charge in [-0.05, 0) is 73.9 Å². The van der Waals surface area contributed by atoms with E-state index in [1.807, 2.05) is 37.3 Å². The summed E-state index contributed by atoms with van der Waals surface area (Å²) in [7, 11) is 1.77. The third-order valence-corrected chi connectivity index (χ3v) is 9.46. The van der Waals surface area contributed by atoms with Crippen LogP contribution >= 0.6 is 11.3 Å². The van der Waals surface area contributed by atoms with Crippen molar-refractivity contribution in [3.63, 3.8) is 0 Å². The standard InChI is InChI=1S/C32H35N5O4S/c1-19-4-9-27(41-17-24-8-5-21(13-20(24)2)30(38)36(3)16-28-33-10-11-34-28)25(12-19)26-18-42-32(35-26)37-14-22-6-7-23(15-37)29(22)31(39)40/h4-5,8-13,18,22-23,29H,6-7,14-17H2,1-3H3,(H,33,34)(H,39,40)/t22-,23+,29+. The van der Waals surface area contributed by atoms with E-state index in [1.165, 1.54) is 0 Å². The minimum Gasteiger partial charge on any atom is -0.488 e. The summed E-state index contributed by atoms with van der Waals surface area (Å²) in [5.41, 5.74) is 5.52. The number of carbonyl (C=O) groups excluding carboxylic acids is 1. The van der Waals surface area contributed by atoms with Crippen molar-refractivity contribution in [1.82, 2.24) is 19.9 Å². The first-order valence-electron chi connectivity index (χ1n) is 14.3. The van der Waals surface area contributed by atoms with Gasteiger partial charge in [0.15, 0.2) is 5.13 Å². The summed E-state index contributed by atoms with van der Waals surface area (Å²) in [5.74, 6) is 0.916. The van der Waals surface area contributed by atoms with Gasteiger partial charge in [0.1, 0.15) is 18.2 Å². The Bertz CT molecular complexity index is 1590. The number of nitrogens with one attached hydrogen (secondary N) is 1. The van der Waals surface area contributed by atoms with Crippen molar-refractivity contribution in [2.45, 2.75) is 39.8 Å². The van der Waals surface area contributed by atoms with Crippen LogP contribution in [0.5, 0.6) is 5.75 Å². The van der Waals surface area contributed by atoms with Gasteiger partial charge in [0.25, 0.3) is 5.91 Å². The Hall–Kier alpha value is -4.18. The SMILES string of the molecule is Cc1ccc(OCc2ccc(C(=O)N(C)Cc3ncc[nH]3)cc2C)c(-c2csc(N3C[C@H]4CC[C@@H](C3)[C@H]4C(=O)O)n2)c1. The van der Waals surface area contributed by atoms with E-state index in [1.54, 1.807) is 35.7 Å². The van der Waals surface area contributed by atoms with Gasteiger partial charge in [-0.3, -0.25) is 9.59 Å². The van der Waals surface area contributed by atoms with Gasteiger partial charge in [-0.1, -0.05) is 17.7 Å². The van der Waals surface area contributed by atoms with Crippen LogP contribution in [0.2, 0.25) is 0 Å². The second-order valence-electron chi connectivity index (χ2n) is 11.5. The molecule has 4 aromatic rings. The number of hydrogen-bond donors (Lipinski definition) is 2. The van der Waals surface area contributed by atoms with Gasteiger partial charge in [0.2, 0.25) is 0 Å². The first-order valence-corrected chi connectivity index (χ1v) is 15.1. The van der Waals surface area contributed by atoms with Gasteiger partial charge in [0.05, 0.1) is 18.2 Å². The summed E-state index contributed by atoms with van der Waals surface area (Å²) < 4.78 is 6.35. The molecule has 2 aromatic heterocycles. The van der Waals surface area contributed by atoms with E-state index in [9.17, 15) is 14.7 Å². The average molecular weight is 586 g/mol. The molecule has 0 radical (unpaired) electrons. The van der Waals surface area contributed by atoms with E-state index < -0.39 is 5.97 Å². The van der Waals surface area contributed by atoms with Crippen molar-refractivity contribution in [3.05, 3.63) is 82.3 Å². The molecule has 1 saturated heterocycles. The summed E-state index contributed by atoms with van der Waals surface area (Å²) in [6, 6.07) is 11.8. The van der Waals surface area contributed by atoms with Crippen LogP contribution in [-0.2, 0) is 17.9 Å². The van der Waals surface area contributed by atoms with Crippen molar-refractivity contribution in [1.29, 1.82) is 0 Å². The second-order valence-corrected chi connectivity index (χ2v) is 12.3. The molecule has 0 unspecified atom stereocenters. The number of fused-ring (bicyclic) bond motifs is 2. The molecule has 0 spiro atoms. The number of aliphatic carboxylic acids is 1. The number of H-pyrrole nitrogens is 1. The molecule has 1 amide bonds. The van der Waals surface area contributed by atoms with Gasteiger partial charge in [-0.2, -0.15) is 0 Å². The fourth-order valence-electron chi connectivity index (χ4n) is 6.33. The highest BCUT2D eigenvalue weighted by molar-refractivity contribution is 7.14. The van der Waals surface area contributed by atoms with E-state index in [0.29, 0.717) is 18.7 Å². The molecule has 2 aromatic carbocycles. The number of nitrogens with zero attached hydrogens (tertiary/aromatic N) is 4. The third-order valence-electron chi connectivity index (χ3n) is 8.55. The molecular formula is C32H35N5O4S. The van der Waals surface area contributed by atoms with Crippen LogP contribution in [0.25, 0.3) is 11.3 Å². The van der Waals surface area contributed by atoms with Crippen molar-refractivity contribution in [2.24, 2.45) is 17.8 Å². The quantitative estimate of drug-likeness (QED) is 0.265. The van der Waals surface area contributed by atoms with Crippen LogP contribution in [-0.4, -0.2) is 57.0 Å². The minimum atomic E-state index is -0.655. The van der Waals surface area contributed by atoms with Gasteiger partial charge in [-0.25, -0.2) is 9.97 Å². The summed E-state index contributed by atoms with van der Waals surface area (Å²) in [6.07, 6.45) is 5.37. The maximum atomic E-state index is 13.0. The topological polar surface area (TPSA) is 112 Å². The van der Waals surface area contributed by atoms with E-state index in [0.717, 1.165) is 70.6 Å². The van der Waals surface area contributed by atoms with E-state index >= 15 is 0 Å². The maximum absolute atomic E-state index is 13.0. The Labute approximate surface area is 249 Å². The summed E-state index contributed by atoms with van der Waals surface area (Å²) in [5, 5.41) is 12.7. The van der Waals surface area contributed by atoms with Crippen LogP contribution < -0.4 is 9.64 Å². The van der Waals surface area contributed by atoms with E-state index in [-0.39, 0.29) is 23.7 Å². The molecular weight excluding hydrogens is 550 g/mol. The van der Waals surface area contributed by atoms with Crippen LogP contribution in [0.4, 0.5) is 5.13 Å². The molecule has 3 heterocycles. The zero-order valence-corrected chi connectivity index (χ0v) is 24.9. The lowest BCUT2D eigenvalue weighted by atomic mass is 9.85. The Morgan fingerprint density at radius 2 is 1.93 bits per heavy atom. The number of thiazole rings is 1. The zero-order chi connectivity index (χ0) is 29.4. The number of aromatic amines is 1. The number of carbonyl (C=O) groups is 2. The van der Waals surface area contributed by atoms with Crippen molar-refractivity contribution >= 4 is 28.3 Å². The van der Waals surface area contributed by atoms with Crippen LogP contribution in [0.3, 0.4) is 0 Å². The van der Waals surface area contributed by atoms with Gasteiger partial charge < -0.3 is 24.6 Å². The first-order chi connectivity index (χ1) is 20.3. The van der Waals surface area contributed by atoms with Crippen molar-refractivity contribution in [2.75, 3.05) is 25.0 Å². The van der Waals surface area contributed by atoms with Crippen molar-refractivity contribution < 1.29 is 19.4 Å². The number of carboxylic acid groups (broad SMARTS) is 1. The number of benzene rings is 2. The number of aromatic nitrogens is 3. The zero-order valence-electron chi connectivity index (χ0n) is 24.0. The van der Waals surface area contributed by atoms with Gasteiger partial charge in [-0.15, -0.1) is 11.3 Å². The largest absolute Gasteiger partial charge is 0.488 e. The van der Waals surface area contributed by atoms with Crippen LogP contribution in [0.1, 0.15) is 45.7 Å². The maximum Gasteiger partial charge on any atom is 0.307 e. The Balaban J connectivity index is 1.15. The number of anilines is 1. The predicted octanol–water partition coefficient (Wildman–Crippen LogP) is 5.55. The molecule has 1 aliphatic carbocycles. The third kappa shape index (κ3) is 5.63. The molecule has 2 aliphatic rings. The summed E-state index contributed by atoms with van der Waals surface area (Å²) in [4.78, 5) is 40.9. The van der Waals surface area contributed by atoms with E-state index in [2.05, 4.69) is 33.2 Å². The monoisotopic (exact) mass is 585 g/mol. The van der Waals surface area contributed by atoms with Gasteiger partial charge in [0, 0.05) is 49.0 Å². The Morgan fingerprint density at radius 1 is 1.14 bits per heavy atom. The lowest BCUT2D eigenvalue weighted by Crippen LogP contribution is -2.44. The molecule has 2 bridgehead atoms. The first kappa shape index (κ1) is 28.0. The number of aryl methyl sites for hydroxylation is 2. The fraction of sp³-hybridized carbons (Fsp3) is 0.375. The predicted molar refractivity (Wildman–Crippen MR) is 162 cm³/mol. The van der Waals surface area contributed by atoms with Gasteiger partial charge >= 0.3 is 5.97 Å². The molecule has 9 nitrogen and oxygen atoms in total. The fourth-order valence-corrected chi connectivity index (χ4v) is 7.18. The minimum absolute atomic E-state index is 0.0673.